The number of hydrogen-bond donors (Lipinski definition) is 0. The van der Waals surface area contributed by atoms with Gasteiger partial charge in [-0.15, -0.1) is 0 Å². The van der Waals surface area contributed by atoms with E-state index in [0.29, 0.717) is 19.3 Å². The zero-order chi connectivity index (χ0) is 50.7. The number of allylic oxidation sites excluding steroid dienone is 4. The molecule has 0 aliphatic rings. The first-order chi connectivity index (χ1) is 34.5. The molecule has 0 N–H and O–H groups in total. The maximum Gasteiger partial charge on any atom is 0.306 e. The standard InChI is InChI=1S/C64H120O6/c1-4-7-10-13-16-19-22-24-26-28-29-30-31-32-33-34-35-37-38-40-42-45-48-51-54-57-63(66)69-60-61(59-68-62(65)56-53-50-47-44-21-18-15-12-9-6-3)70-64(67)58-55-52-49-46-43-41-39-36-27-25-23-20-17-14-11-8-5-2/h12,15,25,27,61H,4-11,13-14,16-24,26,28-60H2,1-3H3/b15-12-,27-25-. The van der Waals surface area contributed by atoms with Crippen LogP contribution in [0.25, 0.3) is 0 Å². The number of ether oxygens (including phenoxy) is 3. The summed E-state index contributed by atoms with van der Waals surface area (Å²) >= 11 is 0. The van der Waals surface area contributed by atoms with Crippen molar-refractivity contribution < 1.29 is 28.6 Å². The van der Waals surface area contributed by atoms with E-state index in [1.54, 1.807) is 0 Å². The first-order valence-electron chi connectivity index (χ1n) is 31.3. The second-order valence-corrected chi connectivity index (χ2v) is 21.3. The minimum atomic E-state index is -0.773. The second kappa shape index (κ2) is 59.5. The van der Waals surface area contributed by atoms with Crippen molar-refractivity contribution in [2.45, 2.75) is 354 Å². The quantitative estimate of drug-likeness (QED) is 0.0261. The van der Waals surface area contributed by atoms with Gasteiger partial charge in [0.25, 0.3) is 0 Å². The van der Waals surface area contributed by atoms with Crippen LogP contribution in [0.4, 0.5) is 0 Å². The lowest BCUT2D eigenvalue weighted by atomic mass is 10.0. The Morgan fingerprint density at radius 2 is 0.500 bits per heavy atom. The molecular formula is C64H120O6. The largest absolute Gasteiger partial charge is 0.462 e. The molecule has 1 atom stereocenters. The number of rotatable bonds is 58. The van der Waals surface area contributed by atoms with Gasteiger partial charge >= 0.3 is 17.9 Å². The molecule has 0 heterocycles. The van der Waals surface area contributed by atoms with Gasteiger partial charge in [0.2, 0.25) is 0 Å². The predicted molar refractivity (Wildman–Crippen MR) is 303 cm³/mol. The van der Waals surface area contributed by atoms with Gasteiger partial charge in [0.05, 0.1) is 0 Å². The van der Waals surface area contributed by atoms with Gasteiger partial charge < -0.3 is 14.2 Å². The van der Waals surface area contributed by atoms with Gasteiger partial charge in [-0.2, -0.15) is 0 Å². The lowest BCUT2D eigenvalue weighted by Gasteiger charge is -2.18. The highest BCUT2D eigenvalue weighted by atomic mass is 16.6. The van der Waals surface area contributed by atoms with E-state index >= 15 is 0 Å². The Balaban J connectivity index is 4.16. The summed E-state index contributed by atoms with van der Waals surface area (Å²) in [6.07, 6.45) is 70.6. The fourth-order valence-electron chi connectivity index (χ4n) is 9.44. The average molecular weight is 986 g/mol. The van der Waals surface area contributed by atoms with Gasteiger partial charge in [0, 0.05) is 19.3 Å². The maximum atomic E-state index is 12.9. The summed E-state index contributed by atoms with van der Waals surface area (Å²) < 4.78 is 16.9. The van der Waals surface area contributed by atoms with E-state index in [1.165, 1.54) is 238 Å². The molecule has 0 saturated heterocycles. The topological polar surface area (TPSA) is 78.9 Å². The monoisotopic (exact) mass is 985 g/mol. The van der Waals surface area contributed by atoms with Gasteiger partial charge in [-0.25, -0.2) is 0 Å². The summed E-state index contributed by atoms with van der Waals surface area (Å²) in [5.74, 6) is -0.865. The first kappa shape index (κ1) is 67.9. The molecule has 70 heavy (non-hydrogen) atoms. The number of esters is 3. The van der Waals surface area contributed by atoms with Gasteiger partial charge in [0.15, 0.2) is 6.10 Å². The molecular weight excluding hydrogens is 865 g/mol. The molecule has 0 aromatic heterocycles. The molecule has 0 fully saturated rings. The van der Waals surface area contributed by atoms with Crippen LogP contribution in [0.15, 0.2) is 24.3 Å². The molecule has 0 aromatic carbocycles. The van der Waals surface area contributed by atoms with Crippen molar-refractivity contribution in [1.82, 2.24) is 0 Å². The smallest absolute Gasteiger partial charge is 0.306 e. The Bertz CT molecular complexity index is 1130. The molecule has 0 bridgehead atoms. The van der Waals surface area contributed by atoms with E-state index in [0.717, 1.165) is 70.6 Å². The molecule has 0 spiro atoms. The SMILES string of the molecule is CCC/C=C\CCCCCCCC(=O)OCC(COC(=O)CCCCCCCCCCCCCCCCCCCCCCCCCCC)OC(=O)CCCCCCCCC/C=C\CCCCCCCC. The summed E-state index contributed by atoms with van der Waals surface area (Å²) in [5.41, 5.74) is 0. The molecule has 0 aromatic rings. The molecule has 412 valence electrons. The maximum absolute atomic E-state index is 12.9. The van der Waals surface area contributed by atoms with Gasteiger partial charge in [0.1, 0.15) is 13.2 Å². The third-order valence-corrected chi connectivity index (χ3v) is 14.2. The number of hydrogen-bond acceptors (Lipinski definition) is 6. The van der Waals surface area contributed by atoms with E-state index < -0.39 is 6.10 Å². The predicted octanol–water partition coefficient (Wildman–Crippen LogP) is 21.1. The Hall–Kier alpha value is -2.11. The minimum absolute atomic E-state index is 0.0712. The molecule has 6 nitrogen and oxygen atoms in total. The van der Waals surface area contributed by atoms with Crippen molar-refractivity contribution in [1.29, 1.82) is 0 Å². The van der Waals surface area contributed by atoms with Crippen LogP contribution in [0.1, 0.15) is 348 Å². The van der Waals surface area contributed by atoms with Crippen LogP contribution in [0.2, 0.25) is 0 Å². The van der Waals surface area contributed by atoms with Gasteiger partial charge in [-0.3, -0.25) is 14.4 Å². The van der Waals surface area contributed by atoms with E-state index in [9.17, 15) is 14.4 Å². The average Bonchev–Trinajstić information content (AvgIpc) is 3.36. The Morgan fingerprint density at radius 3 is 0.771 bits per heavy atom. The lowest BCUT2D eigenvalue weighted by Crippen LogP contribution is -2.30. The Labute approximate surface area is 436 Å². The zero-order valence-corrected chi connectivity index (χ0v) is 47.3. The van der Waals surface area contributed by atoms with Crippen molar-refractivity contribution in [2.75, 3.05) is 13.2 Å². The van der Waals surface area contributed by atoms with E-state index in [4.69, 9.17) is 14.2 Å². The highest BCUT2D eigenvalue weighted by Gasteiger charge is 2.19. The second-order valence-electron chi connectivity index (χ2n) is 21.3. The minimum Gasteiger partial charge on any atom is -0.462 e. The molecule has 0 radical (unpaired) electrons. The Morgan fingerprint density at radius 1 is 0.271 bits per heavy atom. The molecule has 0 rings (SSSR count). The van der Waals surface area contributed by atoms with Crippen molar-refractivity contribution in [3.05, 3.63) is 24.3 Å². The molecule has 0 aliphatic carbocycles. The van der Waals surface area contributed by atoms with Crippen LogP contribution in [-0.2, 0) is 28.6 Å². The van der Waals surface area contributed by atoms with Crippen molar-refractivity contribution >= 4 is 17.9 Å². The van der Waals surface area contributed by atoms with Crippen molar-refractivity contribution in [3.63, 3.8) is 0 Å². The Kier molecular flexibility index (Phi) is 57.7. The summed E-state index contributed by atoms with van der Waals surface area (Å²) in [7, 11) is 0. The highest BCUT2D eigenvalue weighted by molar-refractivity contribution is 5.71. The molecule has 6 heteroatoms. The molecule has 0 amide bonds. The number of carbonyl (C=O) groups is 3. The first-order valence-corrected chi connectivity index (χ1v) is 31.3. The van der Waals surface area contributed by atoms with Gasteiger partial charge in [-0.05, 0) is 64.2 Å². The lowest BCUT2D eigenvalue weighted by molar-refractivity contribution is -0.167. The summed E-state index contributed by atoms with van der Waals surface area (Å²) in [5, 5.41) is 0. The normalized spacial score (nSPS) is 12.1. The zero-order valence-electron chi connectivity index (χ0n) is 47.3. The van der Waals surface area contributed by atoms with E-state index in [1.807, 2.05) is 0 Å². The fraction of sp³-hybridized carbons (Fsp3) is 0.891. The van der Waals surface area contributed by atoms with Crippen LogP contribution in [-0.4, -0.2) is 37.2 Å². The summed E-state index contributed by atoms with van der Waals surface area (Å²) in [6.45, 7) is 6.62. The van der Waals surface area contributed by atoms with Crippen molar-refractivity contribution in [3.8, 4) is 0 Å². The van der Waals surface area contributed by atoms with E-state index in [-0.39, 0.29) is 31.1 Å². The fourth-order valence-corrected chi connectivity index (χ4v) is 9.44. The van der Waals surface area contributed by atoms with Crippen LogP contribution < -0.4 is 0 Å². The molecule has 1 unspecified atom stereocenters. The van der Waals surface area contributed by atoms with Crippen LogP contribution in [0, 0.1) is 0 Å². The van der Waals surface area contributed by atoms with Crippen molar-refractivity contribution in [2.24, 2.45) is 0 Å². The van der Waals surface area contributed by atoms with Crippen LogP contribution >= 0.6 is 0 Å². The summed E-state index contributed by atoms with van der Waals surface area (Å²) in [4.78, 5) is 38.1. The van der Waals surface area contributed by atoms with Crippen LogP contribution in [0.3, 0.4) is 0 Å². The third-order valence-electron chi connectivity index (χ3n) is 14.2. The van der Waals surface area contributed by atoms with Gasteiger partial charge in [-0.1, -0.05) is 289 Å². The number of carbonyl (C=O) groups excluding carboxylic acids is 3. The summed E-state index contributed by atoms with van der Waals surface area (Å²) in [6, 6.07) is 0. The van der Waals surface area contributed by atoms with E-state index in [2.05, 4.69) is 45.1 Å². The molecule has 0 aliphatic heterocycles. The third kappa shape index (κ3) is 56.8. The molecule has 0 saturated carbocycles. The highest BCUT2D eigenvalue weighted by Crippen LogP contribution is 2.18. The number of unbranched alkanes of at least 4 members (excludes halogenated alkanes) is 43. The van der Waals surface area contributed by atoms with Crippen LogP contribution in [0.5, 0.6) is 0 Å².